The van der Waals surface area contributed by atoms with Crippen molar-refractivity contribution in [1.29, 1.82) is 5.26 Å². The maximum absolute atomic E-state index is 11.4. The number of nitrogens with zero attached hydrogens (tertiary/aromatic N) is 1. The molecule has 0 aromatic carbocycles. The second-order valence-electron chi connectivity index (χ2n) is 4.26. The molecule has 100 valence electrons. The molecule has 0 N–H and O–H groups in total. The summed E-state index contributed by atoms with van der Waals surface area (Å²) in [5.41, 5.74) is 0.474. The lowest BCUT2D eigenvalue weighted by molar-refractivity contribution is -0.135. The Bertz CT molecular complexity index is 337. The summed E-state index contributed by atoms with van der Waals surface area (Å²) in [6.45, 7) is 5.75. The van der Waals surface area contributed by atoms with Crippen LogP contribution in [0.5, 0.6) is 0 Å². The fourth-order valence-corrected chi connectivity index (χ4v) is 1.67. The predicted octanol–water partition coefficient (Wildman–Crippen LogP) is 3.92. The molecule has 0 radical (unpaired) electrons. The molecular weight excluding hydrogens is 226 g/mol. The molecule has 0 aromatic heterocycles. The molecule has 0 heterocycles. The third kappa shape index (κ3) is 6.90. The summed E-state index contributed by atoms with van der Waals surface area (Å²) in [6.07, 6.45) is 9.77. The van der Waals surface area contributed by atoms with Crippen LogP contribution in [0.15, 0.2) is 23.8 Å². The van der Waals surface area contributed by atoms with Crippen LogP contribution < -0.4 is 0 Å². The molecule has 3 nitrogen and oxygen atoms in total. The molecule has 0 amide bonds. The Morgan fingerprint density at radius 1 is 1.28 bits per heavy atom. The molecule has 0 fully saturated rings. The third-order valence-electron chi connectivity index (χ3n) is 2.77. The highest BCUT2D eigenvalue weighted by Gasteiger charge is 2.12. The normalized spacial score (nSPS) is 10.8. The number of allylic oxidation sites excluding steroid dienone is 1. The number of hydrogen-bond donors (Lipinski definition) is 0. The van der Waals surface area contributed by atoms with Crippen molar-refractivity contribution in [3.05, 3.63) is 23.8 Å². The lowest BCUT2D eigenvalue weighted by Crippen LogP contribution is -2.06. The Hall–Kier alpha value is -1.56. The summed E-state index contributed by atoms with van der Waals surface area (Å²) in [7, 11) is 1.31. The molecule has 0 aromatic rings. The van der Waals surface area contributed by atoms with E-state index in [0.29, 0.717) is 5.57 Å². The van der Waals surface area contributed by atoms with Crippen molar-refractivity contribution in [2.75, 3.05) is 7.11 Å². The fourth-order valence-electron chi connectivity index (χ4n) is 1.67. The van der Waals surface area contributed by atoms with Crippen LogP contribution in [0, 0.1) is 11.3 Å². The van der Waals surface area contributed by atoms with Crippen LogP contribution in [0.3, 0.4) is 0 Å². The minimum atomic E-state index is -0.479. The Morgan fingerprint density at radius 2 is 1.89 bits per heavy atom. The quantitative estimate of drug-likeness (QED) is 0.205. The largest absolute Gasteiger partial charge is 0.465 e. The summed E-state index contributed by atoms with van der Waals surface area (Å²) in [5, 5.41) is 8.75. The topological polar surface area (TPSA) is 50.1 Å². The molecule has 0 aliphatic heterocycles. The second-order valence-corrected chi connectivity index (χ2v) is 4.26. The molecule has 0 spiro atoms. The van der Waals surface area contributed by atoms with E-state index in [1.165, 1.54) is 32.8 Å². The molecule has 0 bridgehead atoms. The number of nitriles is 1. The molecule has 0 rings (SSSR count). The van der Waals surface area contributed by atoms with Gasteiger partial charge in [-0.15, -0.1) is 0 Å². The average Bonchev–Trinajstić information content (AvgIpc) is 2.40. The van der Waals surface area contributed by atoms with Crippen molar-refractivity contribution < 1.29 is 9.53 Å². The van der Waals surface area contributed by atoms with E-state index in [-0.39, 0.29) is 5.57 Å². The van der Waals surface area contributed by atoms with Crippen LogP contribution in [0.4, 0.5) is 0 Å². The minimum Gasteiger partial charge on any atom is -0.465 e. The zero-order valence-electron chi connectivity index (χ0n) is 11.5. The van der Waals surface area contributed by atoms with Gasteiger partial charge in [-0.25, -0.2) is 4.79 Å². The van der Waals surface area contributed by atoms with Gasteiger partial charge in [-0.2, -0.15) is 5.26 Å². The Kier molecular flexibility index (Phi) is 9.67. The number of carbonyl (C=O) groups excluding carboxylic acids is 1. The van der Waals surface area contributed by atoms with E-state index in [1.807, 2.05) is 6.07 Å². The summed E-state index contributed by atoms with van der Waals surface area (Å²) in [6, 6.07) is 1.89. The van der Waals surface area contributed by atoms with E-state index in [9.17, 15) is 4.79 Å². The van der Waals surface area contributed by atoms with Crippen LogP contribution >= 0.6 is 0 Å². The smallest absolute Gasteiger partial charge is 0.338 e. The van der Waals surface area contributed by atoms with Crippen molar-refractivity contribution in [2.45, 2.75) is 51.9 Å². The predicted molar refractivity (Wildman–Crippen MR) is 72.8 cm³/mol. The number of methoxy groups -OCH3 is 1. The van der Waals surface area contributed by atoms with E-state index in [4.69, 9.17) is 5.26 Å². The summed E-state index contributed by atoms with van der Waals surface area (Å²) in [4.78, 5) is 11.4. The van der Waals surface area contributed by atoms with Gasteiger partial charge in [0.05, 0.1) is 24.3 Å². The first-order chi connectivity index (χ1) is 8.67. The molecule has 0 atom stereocenters. The summed E-state index contributed by atoms with van der Waals surface area (Å²) >= 11 is 0. The van der Waals surface area contributed by atoms with Gasteiger partial charge in [0.1, 0.15) is 0 Å². The second kappa shape index (κ2) is 10.6. The van der Waals surface area contributed by atoms with Gasteiger partial charge in [-0.3, -0.25) is 0 Å². The van der Waals surface area contributed by atoms with Crippen molar-refractivity contribution in [3.63, 3.8) is 0 Å². The molecule has 0 saturated heterocycles. The van der Waals surface area contributed by atoms with Gasteiger partial charge < -0.3 is 4.74 Å². The van der Waals surface area contributed by atoms with Gasteiger partial charge in [0, 0.05) is 0 Å². The lowest BCUT2D eigenvalue weighted by atomic mass is 10.0. The van der Waals surface area contributed by atoms with Gasteiger partial charge >= 0.3 is 5.97 Å². The van der Waals surface area contributed by atoms with Gasteiger partial charge in [0.25, 0.3) is 0 Å². The first kappa shape index (κ1) is 16.4. The van der Waals surface area contributed by atoms with E-state index in [1.54, 1.807) is 6.08 Å². The monoisotopic (exact) mass is 249 g/mol. The van der Waals surface area contributed by atoms with Crippen LogP contribution in [-0.4, -0.2) is 13.1 Å². The van der Waals surface area contributed by atoms with Crippen molar-refractivity contribution in [1.82, 2.24) is 0 Å². The number of esters is 1. The SMILES string of the molecule is C=C(C#N)/C(=C\CCCCCCCC)C(=O)OC. The Morgan fingerprint density at radius 3 is 2.44 bits per heavy atom. The molecule has 0 saturated carbocycles. The highest BCUT2D eigenvalue weighted by atomic mass is 16.5. The first-order valence-corrected chi connectivity index (χ1v) is 6.55. The minimum absolute atomic E-state index is 0.174. The van der Waals surface area contributed by atoms with Gasteiger partial charge in [0.2, 0.25) is 0 Å². The maximum Gasteiger partial charge on any atom is 0.338 e. The van der Waals surface area contributed by atoms with Crippen LogP contribution in [0.25, 0.3) is 0 Å². The zero-order valence-corrected chi connectivity index (χ0v) is 11.5. The van der Waals surface area contributed by atoms with E-state index >= 15 is 0 Å². The summed E-state index contributed by atoms with van der Waals surface area (Å²) < 4.78 is 4.63. The van der Waals surface area contributed by atoms with Gasteiger partial charge in [0.15, 0.2) is 0 Å². The van der Waals surface area contributed by atoms with Crippen LogP contribution in [0.1, 0.15) is 51.9 Å². The molecule has 3 heteroatoms. The zero-order chi connectivity index (χ0) is 13.8. The van der Waals surface area contributed by atoms with Gasteiger partial charge in [-0.1, -0.05) is 51.7 Å². The highest BCUT2D eigenvalue weighted by Crippen LogP contribution is 2.13. The number of ether oxygens (including phenoxy) is 1. The third-order valence-corrected chi connectivity index (χ3v) is 2.77. The van der Waals surface area contributed by atoms with Crippen molar-refractivity contribution in [3.8, 4) is 6.07 Å². The van der Waals surface area contributed by atoms with Crippen molar-refractivity contribution >= 4 is 5.97 Å². The Labute approximate surface area is 110 Å². The van der Waals surface area contributed by atoms with Crippen LogP contribution in [-0.2, 0) is 9.53 Å². The Balaban J connectivity index is 4.06. The number of unbranched alkanes of at least 4 members (excludes halogenated alkanes) is 6. The van der Waals surface area contributed by atoms with Crippen molar-refractivity contribution in [2.24, 2.45) is 0 Å². The standard InChI is InChI=1S/C15H23NO2/c1-4-5-6-7-8-9-10-11-14(13(2)12-16)15(17)18-3/h11H,2,4-10H2,1,3H3/b14-11+. The van der Waals surface area contributed by atoms with E-state index in [0.717, 1.165) is 19.3 Å². The number of rotatable bonds is 9. The first-order valence-electron chi connectivity index (χ1n) is 6.55. The average molecular weight is 249 g/mol. The number of hydrogen-bond acceptors (Lipinski definition) is 3. The highest BCUT2D eigenvalue weighted by molar-refractivity contribution is 5.94. The number of carbonyl (C=O) groups is 1. The lowest BCUT2D eigenvalue weighted by Gasteiger charge is -2.03. The fraction of sp³-hybridized carbons (Fsp3) is 0.600. The maximum atomic E-state index is 11.4. The van der Waals surface area contributed by atoms with Crippen LogP contribution in [0.2, 0.25) is 0 Å². The molecular formula is C15H23NO2. The molecule has 0 unspecified atom stereocenters. The summed E-state index contributed by atoms with van der Waals surface area (Å²) in [5.74, 6) is -0.479. The molecule has 0 aliphatic rings. The molecule has 18 heavy (non-hydrogen) atoms. The van der Waals surface area contributed by atoms with E-state index < -0.39 is 5.97 Å². The molecule has 0 aliphatic carbocycles. The van der Waals surface area contributed by atoms with E-state index in [2.05, 4.69) is 18.2 Å². The van der Waals surface area contributed by atoms with Gasteiger partial charge in [-0.05, 0) is 12.8 Å².